The number of ether oxygens (including phenoxy) is 2. The zero-order valence-corrected chi connectivity index (χ0v) is 18.0. The number of rotatable bonds is 6. The Labute approximate surface area is 185 Å². The van der Waals surface area contributed by atoms with Crippen molar-refractivity contribution in [3.63, 3.8) is 0 Å². The minimum absolute atomic E-state index is 0.0146. The maximum atomic E-state index is 12.6. The van der Waals surface area contributed by atoms with Crippen LogP contribution in [0.25, 0.3) is 11.3 Å². The van der Waals surface area contributed by atoms with Gasteiger partial charge in [0.1, 0.15) is 18.1 Å². The number of hydrogen-bond donors (Lipinski definition) is 0. The molecule has 156 valence electrons. The van der Waals surface area contributed by atoms with Crippen LogP contribution in [0, 0.1) is 6.92 Å². The van der Waals surface area contributed by atoms with Gasteiger partial charge in [-0.05, 0) is 43.3 Å². The van der Waals surface area contributed by atoms with Gasteiger partial charge in [0.15, 0.2) is 0 Å². The monoisotopic (exact) mass is 432 g/mol. The fraction of sp³-hybridized carbons (Fsp3) is 0.120. The highest BCUT2D eigenvalue weighted by Gasteiger charge is 2.21. The Morgan fingerprint density at radius 2 is 1.65 bits per heavy atom. The first-order valence-corrected chi connectivity index (χ1v) is 10.2. The van der Waals surface area contributed by atoms with Crippen molar-refractivity contribution in [2.24, 2.45) is 7.05 Å². The summed E-state index contributed by atoms with van der Waals surface area (Å²) in [5.74, 6) is 0.755. The van der Waals surface area contributed by atoms with E-state index in [1.54, 1.807) is 36.0 Å². The zero-order chi connectivity index (χ0) is 21.8. The molecular weight excluding hydrogens is 412 g/mol. The molecule has 5 nitrogen and oxygen atoms in total. The molecule has 1 aromatic heterocycles. The Morgan fingerprint density at radius 3 is 2.32 bits per heavy atom. The molecular formula is C25H21ClN2O3. The van der Waals surface area contributed by atoms with Crippen LogP contribution in [0.2, 0.25) is 5.02 Å². The number of esters is 1. The SMILES string of the molecule is Cc1ccc(Oc2c(COC(=O)c3ccc(Cl)cc3)c(-c3ccccc3)nn2C)cc1. The van der Waals surface area contributed by atoms with E-state index in [9.17, 15) is 4.79 Å². The molecule has 31 heavy (non-hydrogen) atoms. The lowest BCUT2D eigenvalue weighted by atomic mass is 10.1. The Morgan fingerprint density at radius 1 is 0.968 bits per heavy atom. The summed E-state index contributed by atoms with van der Waals surface area (Å²) >= 11 is 5.91. The third-order valence-corrected chi connectivity index (χ3v) is 5.05. The second kappa shape index (κ2) is 9.06. The van der Waals surface area contributed by atoms with Gasteiger partial charge in [0.2, 0.25) is 5.88 Å². The highest BCUT2D eigenvalue weighted by atomic mass is 35.5. The van der Waals surface area contributed by atoms with Gasteiger partial charge in [0, 0.05) is 17.6 Å². The van der Waals surface area contributed by atoms with Crippen LogP contribution >= 0.6 is 11.6 Å². The molecule has 0 amide bonds. The van der Waals surface area contributed by atoms with E-state index in [-0.39, 0.29) is 6.61 Å². The highest BCUT2D eigenvalue weighted by molar-refractivity contribution is 6.30. The van der Waals surface area contributed by atoms with Gasteiger partial charge in [-0.2, -0.15) is 5.10 Å². The van der Waals surface area contributed by atoms with Crippen molar-refractivity contribution < 1.29 is 14.3 Å². The summed E-state index contributed by atoms with van der Waals surface area (Å²) < 4.78 is 13.4. The van der Waals surface area contributed by atoms with E-state index in [4.69, 9.17) is 21.1 Å². The third-order valence-electron chi connectivity index (χ3n) is 4.80. The third kappa shape index (κ3) is 4.78. The Balaban J connectivity index is 1.66. The molecule has 0 saturated heterocycles. The second-order valence-corrected chi connectivity index (χ2v) is 7.56. The summed E-state index contributed by atoms with van der Waals surface area (Å²) in [6.45, 7) is 2.03. The molecule has 0 aliphatic rings. The Hall–Kier alpha value is -3.57. The van der Waals surface area contributed by atoms with Crippen LogP contribution in [0.3, 0.4) is 0 Å². The van der Waals surface area contributed by atoms with Gasteiger partial charge in [-0.25, -0.2) is 9.48 Å². The van der Waals surface area contributed by atoms with E-state index in [1.807, 2.05) is 61.5 Å². The largest absolute Gasteiger partial charge is 0.457 e. The average molecular weight is 433 g/mol. The predicted octanol–water partition coefficient (Wildman–Crippen LogP) is 6.20. The molecule has 0 spiro atoms. The van der Waals surface area contributed by atoms with E-state index in [0.717, 1.165) is 11.1 Å². The predicted molar refractivity (Wildman–Crippen MR) is 120 cm³/mol. The van der Waals surface area contributed by atoms with E-state index in [2.05, 4.69) is 5.10 Å². The molecule has 0 atom stereocenters. The number of carbonyl (C=O) groups excluding carboxylic acids is 1. The fourth-order valence-corrected chi connectivity index (χ4v) is 3.29. The number of aryl methyl sites for hydroxylation is 2. The molecule has 0 fully saturated rings. The maximum absolute atomic E-state index is 12.6. The lowest BCUT2D eigenvalue weighted by Gasteiger charge is -2.10. The van der Waals surface area contributed by atoms with Crippen LogP contribution in [-0.2, 0) is 18.4 Å². The molecule has 0 saturated carbocycles. The van der Waals surface area contributed by atoms with Crippen molar-refractivity contribution in [1.29, 1.82) is 0 Å². The Kier molecular flexibility index (Phi) is 6.05. The lowest BCUT2D eigenvalue weighted by molar-refractivity contribution is 0.0471. The van der Waals surface area contributed by atoms with Crippen LogP contribution < -0.4 is 4.74 Å². The molecule has 0 unspecified atom stereocenters. The summed E-state index contributed by atoms with van der Waals surface area (Å²) in [4.78, 5) is 12.6. The quantitative estimate of drug-likeness (QED) is 0.340. The molecule has 4 aromatic rings. The summed E-state index contributed by atoms with van der Waals surface area (Å²) in [5, 5.41) is 5.20. The van der Waals surface area contributed by atoms with Gasteiger partial charge in [-0.1, -0.05) is 59.6 Å². The summed E-state index contributed by atoms with van der Waals surface area (Å²) in [6.07, 6.45) is 0. The van der Waals surface area contributed by atoms with Gasteiger partial charge < -0.3 is 9.47 Å². The molecule has 0 N–H and O–H groups in total. The molecule has 0 bridgehead atoms. The molecule has 0 aliphatic carbocycles. The Bertz CT molecular complexity index is 1180. The molecule has 1 heterocycles. The normalized spacial score (nSPS) is 10.7. The van der Waals surface area contributed by atoms with Crippen molar-refractivity contribution >= 4 is 17.6 Å². The highest BCUT2D eigenvalue weighted by Crippen LogP contribution is 2.34. The van der Waals surface area contributed by atoms with Crippen LogP contribution in [0.4, 0.5) is 0 Å². The minimum Gasteiger partial charge on any atom is -0.457 e. The zero-order valence-electron chi connectivity index (χ0n) is 17.2. The summed E-state index contributed by atoms with van der Waals surface area (Å²) in [7, 11) is 1.81. The molecule has 0 aliphatic heterocycles. The van der Waals surface area contributed by atoms with Crippen molar-refractivity contribution in [3.8, 4) is 22.9 Å². The average Bonchev–Trinajstić information content (AvgIpc) is 3.10. The first-order chi connectivity index (χ1) is 15.0. The van der Waals surface area contributed by atoms with E-state index < -0.39 is 5.97 Å². The van der Waals surface area contributed by atoms with Crippen LogP contribution in [-0.4, -0.2) is 15.7 Å². The van der Waals surface area contributed by atoms with Crippen molar-refractivity contribution in [1.82, 2.24) is 9.78 Å². The number of carbonyl (C=O) groups is 1. The standard InChI is InChI=1S/C25H21ClN2O3/c1-17-8-14-21(15-9-17)31-24-22(16-30-25(29)19-10-12-20(26)13-11-19)23(27-28(24)2)18-6-4-3-5-7-18/h3-15H,16H2,1-2H3. The fourth-order valence-electron chi connectivity index (χ4n) is 3.16. The van der Waals surface area contributed by atoms with Crippen LogP contribution in [0.15, 0.2) is 78.9 Å². The second-order valence-electron chi connectivity index (χ2n) is 7.12. The van der Waals surface area contributed by atoms with Crippen molar-refractivity contribution in [2.45, 2.75) is 13.5 Å². The molecule has 6 heteroatoms. The minimum atomic E-state index is -0.444. The van der Waals surface area contributed by atoms with Gasteiger partial charge >= 0.3 is 5.97 Å². The first kappa shape index (κ1) is 20.7. The number of nitrogens with zero attached hydrogens (tertiary/aromatic N) is 2. The first-order valence-electron chi connectivity index (χ1n) is 9.80. The summed E-state index contributed by atoms with van der Waals surface area (Å²) in [5.41, 5.74) is 3.87. The van der Waals surface area contributed by atoms with E-state index >= 15 is 0 Å². The molecule has 3 aromatic carbocycles. The van der Waals surface area contributed by atoms with E-state index in [0.29, 0.717) is 33.5 Å². The lowest BCUT2D eigenvalue weighted by Crippen LogP contribution is -2.06. The topological polar surface area (TPSA) is 53.4 Å². The number of aromatic nitrogens is 2. The maximum Gasteiger partial charge on any atom is 0.338 e. The summed E-state index contributed by atoms with van der Waals surface area (Å²) in [6, 6.07) is 24.1. The van der Waals surface area contributed by atoms with Gasteiger partial charge in [0.25, 0.3) is 0 Å². The molecule has 4 rings (SSSR count). The number of hydrogen-bond acceptors (Lipinski definition) is 4. The number of benzene rings is 3. The molecule has 0 radical (unpaired) electrons. The smallest absolute Gasteiger partial charge is 0.338 e. The van der Waals surface area contributed by atoms with Crippen molar-refractivity contribution in [3.05, 3.63) is 101 Å². The van der Waals surface area contributed by atoms with Gasteiger partial charge in [-0.15, -0.1) is 0 Å². The van der Waals surface area contributed by atoms with Gasteiger partial charge in [-0.3, -0.25) is 0 Å². The van der Waals surface area contributed by atoms with Crippen LogP contribution in [0.5, 0.6) is 11.6 Å². The van der Waals surface area contributed by atoms with E-state index in [1.165, 1.54) is 0 Å². The number of halogens is 1. The van der Waals surface area contributed by atoms with Crippen molar-refractivity contribution in [2.75, 3.05) is 0 Å². The van der Waals surface area contributed by atoms with Crippen LogP contribution in [0.1, 0.15) is 21.5 Å². The van der Waals surface area contributed by atoms with Gasteiger partial charge in [0.05, 0.1) is 11.1 Å².